The van der Waals surface area contributed by atoms with Crippen molar-refractivity contribution in [3.8, 4) is 17.0 Å². The first-order valence-corrected chi connectivity index (χ1v) is 6.13. The number of carboxylic acid groups (broad SMARTS) is 1. The minimum atomic E-state index is -1.01. The predicted molar refractivity (Wildman–Crippen MR) is 74.3 cm³/mol. The Kier molecular flexibility index (Phi) is 2.84. The number of phenolic OH excluding ortho intramolecular Hbond substituents is 1. The Hall–Kier alpha value is -2.53. The second-order valence-electron chi connectivity index (χ2n) is 4.28. The number of fused-ring (bicyclic) bond motifs is 1. The van der Waals surface area contributed by atoms with E-state index in [-0.39, 0.29) is 11.3 Å². The van der Waals surface area contributed by atoms with Gasteiger partial charge < -0.3 is 14.6 Å². The molecule has 3 aromatic rings. The molecule has 2 heterocycles. The molecule has 0 aliphatic heterocycles. The summed E-state index contributed by atoms with van der Waals surface area (Å²) in [7, 11) is 0. The Labute approximate surface area is 118 Å². The number of aromatic hydroxyl groups is 1. The van der Waals surface area contributed by atoms with Gasteiger partial charge in [0, 0.05) is 23.0 Å². The highest BCUT2D eigenvalue weighted by atomic mass is 35.5. The van der Waals surface area contributed by atoms with Gasteiger partial charge in [0.1, 0.15) is 11.4 Å². The number of aromatic nitrogens is 2. The van der Waals surface area contributed by atoms with Crippen LogP contribution >= 0.6 is 11.6 Å². The van der Waals surface area contributed by atoms with Crippen LogP contribution in [0.25, 0.3) is 16.9 Å². The maximum atomic E-state index is 10.9. The van der Waals surface area contributed by atoms with Crippen molar-refractivity contribution in [3.05, 3.63) is 53.3 Å². The van der Waals surface area contributed by atoms with Gasteiger partial charge in [-0.15, -0.1) is 0 Å². The zero-order chi connectivity index (χ0) is 14.3. The second-order valence-corrected chi connectivity index (χ2v) is 4.71. The number of phenols is 1. The molecule has 1 aromatic carbocycles. The number of hydrogen-bond acceptors (Lipinski definition) is 3. The molecule has 0 unspecified atom stereocenters. The Morgan fingerprint density at radius 2 is 2.00 bits per heavy atom. The summed E-state index contributed by atoms with van der Waals surface area (Å²) in [4.78, 5) is 15.3. The van der Waals surface area contributed by atoms with Crippen molar-refractivity contribution in [2.24, 2.45) is 0 Å². The van der Waals surface area contributed by atoms with Crippen LogP contribution in [0.15, 0.2) is 42.7 Å². The third-order valence-electron chi connectivity index (χ3n) is 2.93. The first kappa shape index (κ1) is 12.5. The minimum absolute atomic E-state index is 0.0660. The SMILES string of the molecule is O=C(O)c1ccc2nc(-c3cc(Cl)ccc3O)cn2c1. The van der Waals surface area contributed by atoms with Crippen molar-refractivity contribution in [3.63, 3.8) is 0 Å². The molecule has 2 N–H and O–H groups in total. The van der Waals surface area contributed by atoms with E-state index in [0.29, 0.717) is 21.9 Å². The summed E-state index contributed by atoms with van der Waals surface area (Å²) in [6.45, 7) is 0. The van der Waals surface area contributed by atoms with Crippen LogP contribution in [-0.2, 0) is 0 Å². The van der Waals surface area contributed by atoms with Gasteiger partial charge in [-0.1, -0.05) is 11.6 Å². The quantitative estimate of drug-likeness (QED) is 0.760. The molecule has 0 aliphatic rings. The molecule has 0 atom stereocenters. The van der Waals surface area contributed by atoms with Crippen LogP contribution < -0.4 is 0 Å². The normalized spacial score (nSPS) is 10.8. The lowest BCUT2D eigenvalue weighted by Crippen LogP contribution is -1.97. The standard InChI is InChI=1S/C14H9ClN2O3/c15-9-2-3-12(18)10(5-9)11-7-17-6-8(14(19)20)1-4-13(17)16-11/h1-7,18H,(H,19,20). The van der Waals surface area contributed by atoms with Crippen molar-refractivity contribution in [2.75, 3.05) is 0 Å². The third kappa shape index (κ3) is 2.08. The van der Waals surface area contributed by atoms with Gasteiger partial charge in [0.05, 0.1) is 11.3 Å². The van der Waals surface area contributed by atoms with E-state index in [0.717, 1.165) is 0 Å². The van der Waals surface area contributed by atoms with Gasteiger partial charge in [0.15, 0.2) is 0 Å². The minimum Gasteiger partial charge on any atom is -0.507 e. The van der Waals surface area contributed by atoms with E-state index in [4.69, 9.17) is 16.7 Å². The lowest BCUT2D eigenvalue weighted by Gasteiger charge is -2.00. The van der Waals surface area contributed by atoms with Crippen molar-refractivity contribution >= 4 is 23.2 Å². The summed E-state index contributed by atoms with van der Waals surface area (Å²) < 4.78 is 1.60. The molecule has 100 valence electrons. The number of carboxylic acids is 1. The number of rotatable bonds is 2. The van der Waals surface area contributed by atoms with Crippen LogP contribution in [0.4, 0.5) is 0 Å². The molecule has 6 heteroatoms. The van der Waals surface area contributed by atoms with Crippen LogP contribution in [0.1, 0.15) is 10.4 Å². The molecule has 0 spiro atoms. The van der Waals surface area contributed by atoms with Crippen LogP contribution in [0.2, 0.25) is 5.02 Å². The summed E-state index contributed by atoms with van der Waals surface area (Å²) in [6.07, 6.45) is 3.11. The molecule has 0 bridgehead atoms. The number of halogens is 1. The van der Waals surface area contributed by atoms with E-state index in [2.05, 4.69) is 4.98 Å². The summed E-state index contributed by atoms with van der Waals surface area (Å²) in [6, 6.07) is 7.76. The van der Waals surface area contributed by atoms with Crippen molar-refractivity contribution in [1.82, 2.24) is 9.38 Å². The van der Waals surface area contributed by atoms with E-state index in [1.807, 2.05) is 0 Å². The number of carbonyl (C=O) groups is 1. The number of pyridine rings is 1. The maximum Gasteiger partial charge on any atom is 0.337 e. The first-order valence-electron chi connectivity index (χ1n) is 5.75. The van der Waals surface area contributed by atoms with E-state index in [1.54, 1.807) is 28.8 Å². The molecule has 5 nitrogen and oxygen atoms in total. The lowest BCUT2D eigenvalue weighted by atomic mass is 10.1. The van der Waals surface area contributed by atoms with Gasteiger partial charge in [-0.25, -0.2) is 9.78 Å². The molecular weight excluding hydrogens is 280 g/mol. The largest absolute Gasteiger partial charge is 0.507 e. The highest BCUT2D eigenvalue weighted by Crippen LogP contribution is 2.31. The monoisotopic (exact) mass is 288 g/mol. The maximum absolute atomic E-state index is 10.9. The molecule has 20 heavy (non-hydrogen) atoms. The van der Waals surface area contributed by atoms with E-state index in [1.165, 1.54) is 18.3 Å². The van der Waals surface area contributed by atoms with E-state index >= 15 is 0 Å². The lowest BCUT2D eigenvalue weighted by molar-refractivity contribution is 0.0696. The second kappa shape index (κ2) is 4.54. The molecule has 0 radical (unpaired) electrons. The number of imidazole rings is 1. The zero-order valence-corrected chi connectivity index (χ0v) is 10.9. The zero-order valence-electron chi connectivity index (χ0n) is 10.1. The molecule has 0 saturated carbocycles. The fraction of sp³-hybridized carbons (Fsp3) is 0. The van der Waals surface area contributed by atoms with Crippen LogP contribution in [0, 0.1) is 0 Å². The molecule has 3 rings (SSSR count). The van der Waals surface area contributed by atoms with Gasteiger partial charge in [-0.05, 0) is 30.3 Å². The molecule has 0 aliphatic carbocycles. The molecule has 0 saturated heterocycles. The number of hydrogen-bond donors (Lipinski definition) is 2. The topological polar surface area (TPSA) is 74.8 Å². The van der Waals surface area contributed by atoms with Gasteiger partial charge >= 0.3 is 5.97 Å². The molecular formula is C14H9ClN2O3. The fourth-order valence-electron chi connectivity index (χ4n) is 1.96. The third-order valence-corrected chi connectivity index (χ3v) is 3.17. The highest BCUT2D eigenvalue weighted by Gasteiger charge is 2.11. The predicted octanol–water partition coefficient (Wildman–Crippen LogP) is 3.06. The van der Waals surface area contributed by atoms with Crippen LogP contribution in [0.3, 0.4) is 0 Å². The first-order chi connectivity index (χ1) is 9.54. The Bertz CT molecular complexity index is 826. The average molecular weight is 289 g/mol. The molecule has 0 amide bonds. The van der Waals surface area contributed by atoms with Crippen molar-refractivity contribution in [1.29, 1.82) is 0 Å². The Morgan fingerprint density at radius 3 is 2.75 bits per heavy atom. The van der Waals surface area contributed by atoms with Gasteiger partial charge in [0.2, 0.25) is 0 Å². The van der Waals surface area contributed by atoms with Gasteiger partial charge in [-0.2, -0.15) is 0 Å². The van der Waals surface area contributed by atoms with Crippen LogP contribution in [0.5, 0.6) is 5.75 Å². The van der Waals surface area contributed by atoms with E-state index in [9.17, 15) is 9.90 Å². The summed E-state index contributed by atoms with van der Waals surface area (Å²) in [5.74, 6) is -0.941. The number of benzene rings is 1. The molecule has 2 aromatic heterocycles. The number of nitrogens with zero attached hydrogens (tertiary/aromatic N) is 2. The summed E-state index contributed by atoms with van der Waals surface area (Å²) in [5.41, 5.74) is 1.77. The van der Waals surface area contributed by atoms with Gasteiger partial charge in [0.25, 0.3) is 0 Å². The highest BCUT2D eigenvalue weighted by molar-refractivity contribution is 6.30. The Morgan fingerprint density at radius 1 is 1.20 bits per heavy atom. The van der Waals surface area contributed by atoms with Crippen molar-refractivity contribution < 1.29 is 15.0 Å². The summed E-state index contributed by atoms with van der Waals surface area (Å²) >= 11 is 5.91. The van der Waals surface area contributed by atoms with E-state index < -0.39 is 5.97 Å². The smallest absolute Gasteiger partial charge is 0.337 e. The summed E-state index contributed by atoms with van der Waals surface area (Å²) in [5, 5.41) is 19.3. The van der Waals surface area contributed by atoms with Crippen molar-refractivity contribution in [2.45, 2.75) is 0 Å². The molecule has 0 fully saturated rings. The number of aromatic carboxylic acids is 1. The average Bonchev–Trinajstić information content (AvgIpc) is 2.83. The van der Waals surface area contributed by atoms with Gasteiger partial charge in [-0.3, -0.25) is 0 Å². The van der Waals surface area contributed by atoms with Crippen LogP contribution in [-0.4, -0.2) is 25.6 Å². The Balaban J connectivity index is 2.17. The fourth-order valence-corrected chi connectivity index (χ4v) is 2.13.